The van der Waals surface area contributed by atoms with Crippen molar-refractivity contribution in [2.45, 2.75) is 33.1 Å². The molecule has 0 radical (unpaired) electrons. The Morgan fingerprint density at radius 2 is 2.14 bits per heavy atom. The molecule has 1 rings (SSSR count). The third-order valence-electron chi connectivity index (χ3n) is 1.74. The quantitative estimate of drug-likeness (QED) is 0.736. The second-order valence-corrected chi connectivity index (χ2v) is 4.12. The first-order chi connectivity index (χ1) is 6.45. The van der Waals surface area contributed by atoms with E-state index in [9.17, 15) is 4.79 Å². The third-order valence-corrected chi connectivity index (χ3v) is 1.74. The van der Waals surface area contributed by atoms with Crippen molar-refractivity contribution in [3.63, 3.8) is 0 Å². The van der Waals surface area contributed by atoms with E-state index in [2.05, 4.69) is 20.5 Å². The molecule has 1 amide bonds. The Morgan fingerprint density at radius 1 is 1.50 bits per heavy atom. The molecule has 0 aliphatic heterocycles. The fourth-order valence-electron chi connectivity index (χ4n) is 0.938. The molecule has 14 heavy (non-hydrogen) atoms. The van der Waals surface area contributed by atoms with Crippen LogP contribution in [0.2, 0.25) is 0 Å². The van der Waals surface area contributed by atoms with Crippen molar-refractivity contribution < 1.29 is 4.79 Å². The zero-order valence-electron chi connectivity index (χ0n) is 9.01. The molecule has 0 atom stereocenters. The number of hydrogen-bond acceptors (Lipinski definition) is 3. The van der Waals surface area contributed by atoms with E-state index < -0.39 is 0 Å². The Hall–Kier alpha value is -1.39. The lowest BCUT2D eigenvalue weighted by Crippen LogP contribution is -2.24. The zero-order chi connectivity index (χ0) is 10.8. The maximum atomic E-state index is 11.3. The van der Waals surface area contributed by atoms with Gasteiger partial charge in [0.1, 0.15) is 5.82 Å². The minimum atomic E-state index is -0.237. The SMILES string of the molecule is CCNC(=O)c1n[nH]c(C(C)(C)C)n1. The summed E-state index contributed by atoms with van der Waals surface area (Å²) in [4.78, 5) is 15.5. The first-order valence-corrected chi connectivity index (χ1v) is 4.66. The van der Waals surface area contributed by atoms with E-state index in [0.717, 1.165) is 5.82 Å². The van der Waals surface area contributed by atoms with Crippen molar-refractivity contribution in [2.75, 3.05) is 6.54 Å². The van der Waals surface area contributed by atoms with Gasteiger partial charge in [0.05, 0.1) is 0 Å². The van der Waals surface area contributed by atoms with E-state index >= 15 is 0 Å². The highest BCUT2D eigenvalue weighted by Crippen LogP contribution is 2.16. The largest absolute Gasteiger partial charge is 0.350 e. The van der Waals surface area contributed by atoms with Crippen molar-refractivity contribution in [3.8, 4) is 0 Å². The van der Waals surface area contributed by atoms with Crippen molar-refractivity contribution in [1.82, 2.24) is 20.5 Å². The number of hydrogen-bond donors (Lipinski definition) is 2. The smallest absolute Gasteiger partial charge is 0.290 e. The number of carbonyl (C=O) groups excluding carboxylic acids is 1. The number of nitrogens with one attached hydrogen (secondary N) is 2. The fourth-order valence-corrected chi connectivity index (χ4v) is 0.938. The maximum Gasteiger partial charge on any atom is 0.290 e. The second-order valence-electron chi connectivity index (χ2n) is 4.12. The summed E-state index contributed by atoms with van der Waals surface area (Å²) in [6.07, 6.45) is 0. The number of aromatic amines is 1. The summed E-state index contributed by atoms with van der Waals surface area (Å²) >= 11 is 0. The zero-order valence-corrected chi connectivity index (χ0v) is 9.01. The van der Waals surface area contributed by atoms with Crippen LogP contribution in [0.5, 0.6) is 0 Å². The lowest BCUT2D eigenvalue weighted by atomic mass is 9.96. The monoisotopic (exact) mass is 196 g/mol. The van der Waals surface area contributed by atoms with Crippen LogP contribution in [0.3, 0.4) is 0 Å². The maximum absolute atomic E-state index is 11.3. The molecular formula is C9H16N4O. The van der Waals surface area contributed by atoms with Crippen LogP contribution in [-0.4, -0.2) is 27.6 Å². The Kier molecular flexibility index (Phi) is 2.88. The molecule has 1 aromatic heterocycles. The Morgan fingerprint density at radius 3 is 2.57 bits per heavy atom. The number of carbonyl (C=O) groups is 1. The molecule has 0 aliphatic carbocycles. The normalized spacial score (nSPS) is 11.4. The predicted octanol–water partition coefficient (Wildman–Crippen LogP) is 0.852. The van der Waals surface area contributed by atoms with Gasteiger partial charge in [-0.15, -0.1) is 5.10 Å². The predicted molar refractivity (Wildman–Crippen MR) is 53.1 cm³/mol. The summed E-state index contributed by atoms with van der Waals surface area (Å²) < 4.78 is 0. The summed E-state index contributed by atoms with van der Waals surface area (Å²) in [6.45, 7) is 8.46. The molecule has 0 bridgehead atoms. The molecule has 0 unspecified atom stereocenters. The molecule has 0 spiro atoms. The minimum absolute atomic E-state index is 0.113. The van der Waals surface area contributed by atoms with E-state index in [-0.39, 0.29) is 17.1 Å². The number of aromatic nitrogens is 3. The van der Waals surface area contributed by atoms with Gasteiger partial charge >= 0.3 is 0 Å². The minimum Gasteiger partial charge on any atom is -0.350 e. The highest BCUT2D eigenvalue weighted by atomic mass is 16.2. The van der Waals surface area contributed by atoms with E-state index in [1.54, 1.807) is 0 Å². The van der Waals surface area contributed by atoms with Gasteiger partial charge in [0.25, 0.3) is 5.91 Å². The number of nitrogens with zero attached hydrogens (tertiary/aromatic N) is 2. The highest BCUT2D eigenvalue weighted by Gasteiger charge is 2.20. The molecular weight excluding hydrogens is 180 g/mol. The first kappa shape index (κ1) is 10.7. The summed E-state index contributed by atoms with van der Waals surface area (Å²) in [7, 11) is 0. The van der Waals surface area contributed by atoms with Crippen LogP contribution in [0.15, 0.2) is 0 Å². The van der Waals surface area contributed by atoms with Gasteiger partial charge in [-0.3, -0.25) is 9.89 Å². The molecule has 78 valence electrons. The Labute approximate surface area is 83.3 Å². The van der Waals surface area contributed by atoms with Gasteiger partial charge in [-0.2, -0.15) is 0 Å². The van der Waals surface area contributed by atoms with Crippen LogP contribution in [-0.2, 0) is 5.41 Å². The topological polar surface area (TPSA) is 70.7 Å². The van der Waals surface area contributed by atoms with Gasteiger partial charge in [0, 0.05) is 12.0 Å². The van der Waals surface area contributed by atoms with Gasteiger partial charge < -0.3 is 5.32 Å². The summed E-state index contributed by atoms with van der Waals surface area (Å²) in [5, 5.41) is 9.26. The average Bonchev–Trinajstić information content (AvgIpc) is 2.51. The molecule has 5 heteroatoms. The lowest BCUT2D eigenvalue weighted by molar-refractivity contribution is 0.0946. The molecule has 0 saturated carbocycles. The van der Waals surface area contributed by atoms with Gasteiger partial charge in [-0.1, -0.05) is 20.8 Å². The molecule has 1 heterocycles. The van der Waals surface area contributed by atoms with Crippen LogP contribution in [0.25, 0.3) is 0 Å². The first-order valence-electron chi connectivity index (χ1n) is 4.66. The van der Waals surface area contributed by atoms with Crippen LogP contribution in [0.1, 0.15) is 44.1 Å². The number of rotatable bonds is 2. The molecule has 0 aliphatic rings. The van der Waals surface area contributed by atoms with E-state index in [4.69, 9.17) is 0 Å². The molecule has 0 saturated heterocycles. The van der Waals surface area contributed by atoms with E-state index in [1.807, 2.05) is 27.7 Å². The second kappa shape index (κ2) is 3.77. The molecule has 0 aromatic carbocycles. The standard InChI is InChI=1S/C9H16N4O/c1-5-10-7(14)6-11-8(13-12-6)9(2,3)4/h5H2,1-4H3,(H,10,14)(H,11,12,13). The lowest BCUT2D eigenvalue weighted by Gasteiger charge is -2.12. The molecule has 0 fully saturated rings. The van der Waals surface area contributed by atoms with Crippen molar-refractivity contribution >= 4 is 5.91 Å². The number of H-pyrrole nitrogens is 1. The Bertz CT molecular complexity index is 324. The van der Waals surface area contributed by atoms with Crippen molar-refractivity contribution in [1.29, 1.82) is 0 Å². The van der Waals surface area contributed by atoms with Gasteiger partial charge in [-0.05, 0) is 6.92 Å². The molecule has 1 aromatic rings. The Balaban J connectivity index is 2.83. The average molecular weight is 196 g/mol. The van der Waals surface area contributed by atoms with Gasteiger partial charge in [0.15, 0.2) is 0 Å². The summed E-state index contributed by atoms with van der Waals surface area (Å²) in [6, 6.07) is 0. The van der Waals surface area contributed by atoms with E-state index in [0.29, 0.717) is 6.54 Å². The van der Waals surface area contributed by atoms with Crippen LogP contribution >= 0.6 is 0 Å². The van der Waals surface area contributed by atoms with Gasteiger partial charge in [0.2, 0.25) is 5.82 Å². The van der Waals surface area contributed by atoms with Crippen molar-refractivity contribution in [2.24, 2.45) is 0 Å². The molecule has 5 nitrogen and oxygen atoms in total. The highest BCUT2D eigenvalue weighted by molar-refractivity contribution is 5.90. The summed E-state index contributed by atoms with van der Waals surface area (Å²) in [5.41, 5.74) is -0.113. The fraction of sp³-hybridized carbons (Fsp3) is 0.667. The van der Waals surface area contributed by atoms with Crippen molar-refractivity contribution in [3.05, 3.63) is 11.6 Å². The van der Waals surface area contributed by atoms with Gasteiger partial charge in [-0.25, -0.2) is 4.98 Å². The van der Waals surface area contributed by atoms with E-state index in [1.165, 1.54) is 0 Å². The van der Waals surface area contributed by atoms with Crippen LogP contribution in [0, 0.1) is 0 Å². The third kappa shape index (κ3) is 2.31. The molecule has 2 N–H and O–H groups in total. The van der Waals surface area contributed by atoms with Crippen LogP contribution < -0.4 is 5.32 Å². The number of amides is 1. The summed E-state index contributed by atoms with van der Waals surface area (Å²) in [5.74, 6) is 0.690. The van der Waals surface area contributed by atoms with Crippen LogP contribution in [0.4, 0.5) is 0 Å².